The van der Waals surface area contributed by atoms with Gasteiger partial charge < -0.3 is 20.9 Å². The van der Waals surface area contributed by atoms with Crippen LogP contribution in [0.4, 0.5) is 26.3 Å². The number of unbranched alkanes of at least 4 members (excludes halogenated alkanes) is 2. The lowest BCUT2D eigenvalue weighted by Gasteiger charge is -1.95. The summed E-state index contributed by atoms with van der Waals surface area (Å²) in [5.74, 6) is -5.51. The molecule has 0 aliphatic rings. The lowest BCUT2D eigenvalue weighted by atomic mass is 10.1. The lowest BCUT2D eigenvalue weighted by Crippen LogP contribution is -2.21. The number of aromatic amines is 1. The second-order valence-corrected chi connectivity index (χ2v) is 4.27. The molecule has 5 N–H and O–H groups in total. The monoisotopic (exact) mass is 381 g/mol. The molecule has 0 radical (unpaired) electrons. The molecule has 0 saturated carbocycles. The third-order valence-electron chi connectivity index (χ3n) is 2.18. The van der Waals surface area contributed by atoms with Gasteiger partial charge in [-0.1, -0.05) is 6.42 Å². The van der Waals surface area contributed by atoms with Crippen molar-refractivity contribution in [2.75, 3.05) is 6.54 Å². The number of imidazole rings is 1. The number of aromatic nitrogens is 2. The van der Waals surface area contributed by atoms with Crippen LogP contribution in [0.2, 0.25) is 0 Å². The number of nitrogens with two attached hydrogens (primary N) is 1. The minimum atomic E-state index is -5.08. The van der Waals surface area contributed by atoms with Crippen LogP contribution in [0.3, 0.4) is 0 Å². The van der Waals surface area contributed by atoms with Crippen molar-refractivity contribution >= 4 is 11.9 Å². The molecule has 1 rings (SSSR count). The van der Waals surface area contributed by atoms with Gasteiger partial charge in [0.15, 0.2) is 0 Å². The maximum atomic E-state index is 10.6. The van der Waals surface area contributed by atoms with Crippen molar-refractivity contribution in [1.82, 2.24) is 9.97 Å². The van der Waals surface area contributed by atoms with Crippen molar-refractivity contribution in [1.29, 1.82) is 0 Å². The Balaban J connectivity index is 0. The molecule has 0 fully saturated rings. The average Bonchev–Trinajstić information content (AvgIpc) is 2.96. The van der Waals surface area contributed by atoms with Crippen LogP contribution in [0.1, 0.15) is 25.0 Å². The molecule has 1 aromatic rings. The second kappa shape index (κ2) is 12.1. The fourth-order valence-corrected chi connectivity index (χ4v) is 1.05. The molecular weight excluding hydrogens is 364 g/mol. The van der Waals surface area contributed by atoms with E-state index in [0.717, 1.165) is 25.1 Å². The molecule has 0 aliphatic carbocycles. The number of carboxylic acid groups (broad SMARTS) is 2. The Labute approximate surface area is 137 Å². The summed E-state index contributed by atoms with van der Waals surface area (Å²) in [4.78, 5) is 24.9. The summed E-state index contributed by atoms with van der Waals surface area (Å²) in [6, 6.07) is 0. The number of hydrogen-bond acceptors (Lipinski definition) is 4. The fourth-order valence-electron chi connectivity index (χ4n) is 1.05. The Kier molecular flexibility index (Phi) is 12.1. The van der Waals surface area contributed by atoms with Crippen molar-refractivity contribution in [2.45, 2.75) is 38.0 Å². The van der Waals surface area contributed by atoms with Crippen LogP contribution in [-0.4, -0.2) is 51.0 Å². The number of nitrogens with one attached hydrogen (secondary N) is 1. The third kappa shape index (κ3) is 16.3. The minimum Gasteiger partial charge on any atom is -0.475 e. The van der Waals surface area contributed by atoms with E-state index in [9.17, 15) is 26.3 Å². The fraction of sp³-hybridized carbons (Fsp3) is 0.583. The predicted molar refractivity (Wildman–Crippen MR) is 72.6 cm³/mol. The van der Waals surface area contributed by atoms with Crippen LogP contribution in [0, 0.1) is 0 Å². The average molecular weight is 381 g/mol. The summed E-state index contributed by atoms with van der Waals surface area (Å²) >= 11 is 0. The van der Waals surface area contributed by atoms with Gasteiger partial charge in [-0.05, 0) is 25.8 Å². The van der Waals surface area contributed by atoms with Crippen LogP contribution >= 0.6 is 0 Å². The van der Waals surface area contributed by atoms with Crippen LogP contribution in [0.15, 0.2) is 12.5 Å². The molecule has 0 unspecified atom stereocenters. The first-order chi connectivity index (χ1) is 11.3. The quantitative estimate of drug-likeness (QED) is 0.458. The van der Waals surface area contributed by atoms with Gasteiger partial charge in [-0.25, -0.2) is 14.6 Å². The van der Waals surface area contributed by atoms with E-state index in [2.05, 4.69) is 9.97 Å². The second-order valence-electron chi connectivity index (χ2n) is 4.27. The zero-order valence-electron chi connectivity index (χ0n) is 12.7. The van der Waals surface area contributed by atoms with Gasteiger partial charge in [-0.3, -0.25) is 0 Å². The molecule has 1 aromatic heterocycles. The molecule has 146 valence electrons. The molecule has 0 atom stereocenters. The number of aryl methyl sites for hydroxylation is 1. The Morgan fingerprint density at radius 1 is 1.00 bits per heavy atom. The maximum Gasteiger partial charge on any atom is 0.490 e. The summed E-state index contributed by atoms with van der Waals surface area (Å²) < 4.78 is 63.5. The molecule has 7 nitrogen and oxygen atoms in total. The molecule has 0 spiro atoms. The van der Waals surface area contributed by atoms with E-state index >= 15 is 0 Å². The summed E-state index contributed by atoms with van der Waals surface area (Å²) in [7, 11) is 0. The first-order valence-electron chi connectivity index (χ1n) is 6.60. The molecular formula is C12H17F6N3O4. The van der Waals surface area contributed by atoms with E-state index in [-0.39, 0.29) is 0 Å². The predicted octanol–water partition coefficient (Wildman–Crippen LogP) is 2.35. The standard InChI is InChI=1S/C8H15N3.2C2HF3O2/c9-5-3-1-2-4-8-6-10-7-11-8;2*3-2(4,5)1(6)7/h6-7H,1-5,9H2,(H,10,11);2*(H,6,7). The summed E-state index contributed by atoms with van der Waals surface area (Å²) in [5, 5.41) is 14.2. The molecule has 1 heterocycles. The molecule has 0 aliphatic heterocycles. The highest BCUT2D eigenvalue weighted by Gasteiger charge is 2.38. The van der Waals surface area contributed by atoms with Gasteiger partial charge in [0, 0.05) is 6.20 Å². The van der Waals surface area contributed by atoms with Crippen molar-refractivity contribution in [3.63, 3.8) is 0 Å². The van der Waals surface area contributed by atoms with E-state index in [1.807, 2.05) is 6.20 Å². The number of alkyl halides is 6. The van der Waals surface area contributed by atoms with Gasteiger partial charge in [0.1, 0.15) is 0 Å². The topological polar surface area (TPSA) is 129 Å². The normalized spacial score (nSPS) is 10.8. The van der Waals surface area contributed by atoms with Crippen LogP contribution in [0.25, 0.3) is 0 Å². The van der Waals surface area contributed by atoms with E-state index in [1.54, 1.807) is 6.33 Å². The molecule has 0 amide bonds. The number of H-pyrrole nitrogens is 1. The van der Waals surface area contributed by atoms with Crippen LogP contribution in [0.5, 0.6) is 0 Å². The number of carboxylic acids is 2. The number of rotatable bonds is 5. The van der Waals surface area contributed by atoms with Crippen LogP contribution < -0.4 is 5.73 Å². The first-order valence-corrected chi connectivity index (χ1v) is 6.60. The molecule has 0 aromatic carbocycles. The number of hydrogen-bond donors (Lipinski definition) is 4. The van der Waals surface area contributed by atoms with E-state index in [1.165, 1.54) is 12.8 Å². The summed E-state index contributed by atoms with van der Waals surface area (Å²) in [5.41, 5.74) is 6.52. The van der Waals surface area contributed by atoms with E-state index < -0.39 is 24.3 Å². The summed E-state index contributed by atoms with van der Waals surface area (Å²) in [6.45, 7) is 0.806. The van der Waals surface area contributed by atoms with Crippen molar-refractivity contribution in [3.05, 3.63) is 18.2 Å². The van der Waals surface area contributed by atoms with Gasteiger partial charge in [0.05, 0.1) is 12.0 Å². The van der Waals surface area contributed by atoms with Crippen molar-refractivity contribution in [3.8, 4) is 0 Å². The molecule has 25 heavy (non-hydrogen) atoms. The highest BCUT2D eigenvalue weighted by atomic mass is 19.4. The molecule has 0 saturated heterocycles. The van der Waals surface area contributed by atoms with E-state index in [0.29, 0.717) is 0 Å². The number of carbonyl (C=O) groups is 2. The minimum absolute atomic E-state index is 0.806. The van der Waals surface area contributed by atoms with Gasteiger partial charge in [0.2, 0.25) is 0 Å². The Morgan fingerprint density at radius 2 is 1.44 bits per heavy atom. The largest absolute Gasteiger partial charge is 0.490 e. The van der Waals surface area contributed by atoms with Crippen molar-refractivity contribution in [2.24, 2.45) is 5.73 Å². The number of halogens is 6. The first kappa shape index (κ1) is 24.9. The van der Waals surface area contributed by atoms with Gasteiger partial charge in [-0.2, -0.15) is 26.3 Å². The number of aliphatic carboxylic acids is 2. The van der Waals surface area contributed by atoms with Gasteiger partial charge >= 0.3 is 24.3 Å². The highest BCUT2D eigenvalue weighted by molar-refractivity contribution is 5.73. The zero-order chi connectivity index (χ0) is 20.1. The van der Waals surface area contributed by atoms with Gasteiger partial charge in [0.25, 0.3) is 0 Å². The smallest absolute Gasteiger partial charge is 0.475 e. The Bertz CT molecular complexity index is 464. The Hall–Kier alpha value is -2.31. The number of nitrogens with zero attached hydrogens (tertiary/aromatic N) is 1. The molecule has 0 bridgehead atoms. The van der Waals surface area contributed by atoms with E-state index in [4.69, 9.17) is 25.5 Å². The zero-order valence-corrected chi connectivity index (χ0v) is 12.7. The summed E-state index contributed by atoms with van der Waals surface area (Å²) in [6.07, 6.45) is -1.89. The lowest BCUT2D eigenvalue weighted by molar-refractivity contribution is -0.193. The third-order valence-corrected chi connectivity index (χ3v) is 2.18. The molecule has 13 heteroatoms. The SMILES string of the molecule is NCCCCCc1c[nH]cn1.O=C(O)C(F)(F)F.O=C(O)C(F)(F)F. The van der Waals surface area contributed by atoms with Crippen LogP contribution in [-0.2, 0) is 16.0 Å². The van der Waals surface area contributed by atoms with Crippen molar-refractivity contribution < 1.29 is 46.1 Å². The highest BCUT2D eigenvalue weighted by Crippen LogP contribution is 2.13. The Morgan fingerprint density at radius 3 is 1.72 bits per heavy atom. The van der Waals surface area contributed by atoms with Gasteiger partial charge in [-0.15, -0.1) is 0 Å². The maximum absolute atomic E-state index is 10.6.